The number of anilines is 1. The maximum atomic E-state index is 13.1. The molecule has 1 atom stereocenters. The van der Waals surface area contributed by atoms with Gasteiger partial charge in [-0.05, 0) is 25.6 Å². The molecule has 1 unspecified atom stereocenters. The molecule has 0 aliphatic heterocycles. The molecule has 0 heterocycles. The van der Waals surface area contributed by atoms with Crippen LogP contribution >= 0.6 is 0 Å². The Morgan fingerprint density at radius 3 is 2.79 bits per heavy atom. The second-order valence-corrected chi connectivity index (χ2v) is 4.27. The molecule has 0 aromatic heterocycles. The van der Waals surface area contributed by atoms with E-state index in [1.807, 2.05) is 20.8 Å². The van der Waals surface area contributed by atoms with Gasteiger partial charge in [0, 0.05) is 18.5 Å². The number of ether oxygens (including phenoxy) is 1. The van der Waals surface area contributed by atoms with Gasteiger partial charge in [-0.25, -0.2) is 4.39 Å². The van der Waals surface area contributed by atoms with Crippen LogP contribution in [0.2, 0.25) is 0 Å². The van der Waals surface area contributed by atoms with Crippen LogP contribution in [0.1, 0.15) is 20.8 Å². The average Bonchev–Trinajstić information content (AvgIpc) is 2.39. The van der Waals surface area contributed by atoms with Crippen molar-refractivity contribution in [2.24, 2.45) is 5.92 Å². The van der Waals surface area contributed by atoms with Crippen molar-refractivity contribution in [1.82, 2.24) is 5.32 Å². The highest BCUT2D eigenvalue weighted by atomic mass is 19.1. The van der Waals surface area contributed by atoms with E-state index in [1.54, 1.807) is 0 Å². The lowest BCUT2D eigenvalue weighted by Gasteiger charge is -2.15. The fraction of sp³-hybridized carbons (Fsp3) is 0.500. The minimum Gasteiger partial charge on any atom is -0.492 e. The minimum atomic E-state index is -0.387. The normalized spacial score (nSPS) is 12.0. The molecule has 0 spiro atoms. The van der Waals surface area contributed by atoms with Gasteiger partial charge in [-0.1, -0.05) is 13.8 Å². The molecule has 0 fully saturated rings. The molecule has 19 heavy (non-hydrogen) atoms. The summed E-state index contributed by atoms with van der Waals surface area (Å²) in [5.41, 5.74) is 0.497. The quantitative estimate of drug-likeness (QED) is 0.798. The van der Waals surface area contributed by atoms with E-state index in [-0.39, 0.29) is 17.6 Å². The van der Waals surface area contributed by atoms with Crippen molar-refractivity contribution < 1.29 is 13.9 Å². The number of carbonyl (C=O) groups is 1. The van der Waals surface area contributed by atoms with Gasteiger partial charge in [-0.2, -0.15) is 0 Å². The van der Waals surface area contributed by atoms with Crippen LogP contribution < -0.4 is 15.4 Å². The van der Waals surface area contributed by atoms with Gasteiger partial charge in [0.25, 0.3) is 0 Å². The van der Waals surface area contributed by atoms with E-state index in [4.69, 9.17) is 4.74 Å². The van der Waals surface area contributed by atoms with E-state index in [0.29, 0.717) is 24.6 Å². The van der Waals surface area contributed by atoms with E-state index in [2.05, 4.69) is 10.6 Å². The summed E-state index contributed by atoms with van der Waals surface area (Å²) in [6, 6.07) is 4.08. The van der Waals surface area contributed by atoms with Crippen LogP contribution in [-0.2, 0) is 4.79 Å². The summed E-state index contributed by atoms with van der Waals surface area (Å²) in [6.45, 7) is 7.47. The van der Waals surface area contributed by atoms with Crippen LogP contribution in [-0.4, -0.2) is 25.6 Å². The van der Waals surface area contributed by atoms with Gasteiger partial charge >= 0.3 is 0 Å². The SMILES string of the molecule is CCNCC(C)C(=O)Nc1ccc(F)cc1OCC. The zero-order chi connectivity index (χ0) is 14.3. The van der Waals surface area contributed by atoms with Crippen molar-refractivity contribution in [2.45, 2.75) is 20.8 Å². The van der Waals surface area contributed by atoms with Crippen LogP contribution in [0.15, 0.2) is 18.2 Å². The second kappa shape index (κ2) is 7.74. The van der Waals surface area contributed by atoms with Crippen molar-refractivity contribution in [1.29, 1.82) is 0 Å². The number of hydrogen-bond donors (Lipinski definition) is 2. The van der Waals surface area contributed by atoms with E-state index in [9.17, 15) is 9.18 Å². The first-order chi connectivity index (χ1) is 9.08. The van der Waals surface area contributed by atoms with Gasteiger partial charge in [-0.15, -0.1) is 0 Å². The standard InChI is InChI=1S/C14H21FN2O2/c1-4-16-9-10(3)14(18)17-12-7-6-11(15)8-13(12)19-5-2/h6-8,10,16H,4-5,9H2,1-3H3,(H,17,18). The van der Waals surface area contributed by atoms with Crippen molar-refractivity contribution >= 4 is 11.6 Å². The number of halogens is 1. The molecule has 0 aliphatic rings. The van der Waals surface area contributed by atoms with Gasteiger partial charge in [0.05, 0.1) is 12.3 Å². The van der Waals surface area contributed by atoms with Crippen molar-refractivity contribution in [2.75, 3.05) is 25.0 Å². The molecule has 0 saturated heterocycles. The molecule has 1 aromatic carbocycles. The number of benzene rings is 1. The number of hydrogen-bond acceptors (Lipinski definition) is 3. The monoisotopic (exact) mass is 268 g/mol. The fourth-order valence-corrected chi connectivity index (χ4v) is 1.58. The zero-order valence-electron chi connectivity index (χ0n) is 11.6. The second-order valence-electron chi connectivity index (χ2n) is 4.27. The molecule has 4 nitrogen and oxygen atoms in total. The predicted octanol–water partition coefficient (Wildman–Crippen LogP) is 2.41. The molecule has 5 heteroatoms. The first-order valence-corrected chi connectivity index (χ1v) is 6.52. The number of amides is 1. The van der Waals surface area contributed by atoms with E-state index in [0.717, 1.165) is 6.54 Å². The van der Waals surface area contributed by atoms with Crippen LogP contribution in [0.25, 0.3) is 0 Å². The van der Waals surface area contributed by atoms with Crippen LogP contribution in [0, 0.1) is 11.7 Å². The van der Waals surface area contributed by atoms with E-state index < -0.39 is 0 Å². The van der Waals surface area contributed by atoms with E-state index >= 15 is 0 Å². The van der Waals surface area contributed by atoms with Crippen LogP contribution in [0.5, 0.6) is 5.75 Å². The van der Waals surface area contributed by atoms with Gasteiger partial charge in [-0.3, -0.25) is 4.79 Å². The minimum absolute atomic E-state index is 0.117. The largest absolute Gasteiger partial charge is 0.492 e. The molecule has 106 valence electrons. The molecule has 0 saturated carbocycles. The van der Waals surface area contributed by atoms with Gasteiger partial charge in [0.1, 0.15) is 11.6 Å². The summed E-state index contributed by atoms with van der Waals surface area (Å²) >= 11 is 0. The summed E-state index contributed by atoms with van der Waals surface area (Å²) in [6.07, 6.45) is 0. The summed E-state index contributed by atoms with van der Waals surface area (Å²) in [4.78, 5) is 12.0. The van der Waals surface area contributed by atoms with E-state index in [1.165, 1.54) is 18.2 Å². The Bertz CT molecular complexity index is 424. The summed E-state index contributed by atoms with van der Waals surface area (Å²) in [7, 11) is 0. The first kappa shape index (κ1) is 15.4. The van der Waals surface area contributed by atoms with Gasteiger partial charge in [0.15, 0.2) is 0 Å². The Morgan fingerprint density at radius 2 is 2.16 bits per heavy atom. The summed E-state index contributed by atoms with van der Waals surface area (Å²) in [5.74, 6) is -0.318. The highest BCUT2D eigenvalue weighted by Gasteiger charge is 2.15. The van der Waals surface area contributed by atoms with Gasteiger partial charge < -0.3 is 15.4 Å². The molecule has 0 bridgehead atoms. The zero-order valence-corrected chi connectivity index (χ0v) is 11.6. The molecule has 0 radical (unpaired) electrons. The molecule has 2 N–H and O–H groups in total. The van der Waals surface area contributed by atoms with Crippen LogP contribution in [0.3, 0.4) is 0 Å². The maximum Gasteiger partial charge on any atom is 0.228 e. The summed E-state index contributed by atoms with van der Waals surface area (Å²) < 4.78 is 18.4. The van der Waals surface area contributed by atoms with Crippen molar-refractivity contribution in [3.05, 3.63) is 24.0 Å². The first-order valence-electron chi connectivity index (χ1n) is 6.52. The fourth-order valence-electron chi connectivity index (χ4n) is 1.58. The molecule has 1 amide bonds. The maximum absolute atomic E-state index is 13.1. The third-order valence-corrected chi connectivity index (χ3v) is 2.65. The van der Waals surface area contributed by atoms with Gasteiger partial charge in [0.2, 0.25) is 5.91 Å². The Hall–Kier alpha value is -1.62. The molecular formula is C14H21FN2O2. The molecule has 1 aromatic rings. The molecular weight excluding hydrogens is 247 g/mol. The highest BCUT2D eigenvalue weighted by molar-refractivity contribution is 5.93. The topological polar surface area (TPSA) is 50.4 Å². The summed E-state index contributed by atoms with van der Waals surface area (Å²) in [5, 5.41) is 5.87. The smallest absolute Gasteiger partial charge is 0.228 e. The lowest BCUT2D eigenvalue weighted by molar-refractivity contribution is -0.119. The Balaban J connectivity index is 2.72. The highest BCUT2D eigenvalue weighted by Crippen LogP contribution is 2.25. The van der Waals surface area contributed by atoms with Crippen LogP contribution in [0.4, 0.5) is 10.1 Å². The van der Waals surface area contributed by atoms with Crippen molar-refractivity contribution in [3.8, 4) is 5.75 Å². The Kier molecular flexibility index (Phi) is 6.29. The lowest BCUT2D eigenvalue weighted by atomic mass is 10.1. The third-order valence-electron chi connectivity index (χ3n) is 2.65. The van der Waals surface area contributed by atoms with Crippen molar-refractivity contribution in [3.63, 3.8) is 0 Å². The Labute approximate surface area is 113 Å². The predicted molar refractivity (Wildman–Crippen MR) is 73.9 cm³/mol. The molecule has 0 aliphatic carbocycles. The number of nitrogens with one attached hydrogen (secondary N) is 2. The number of rotatable bonds is 7. The third kappa shape index (κ3) is 4.87. The average molecular weight is 268 g/mol. The molecule has 1 rings (SSSR count). The number of carbonyl (C=O) groups excluding carboxylic acids is 1. The lowest BCUT2D eigenvalue weighted by Crippen LogP contribution is -2.30. The Morgan fingerprint density at radius 1 is 1.42 bits per heavy atom.